The topological polar surface area (TPSA) is 68.7 Å². The molecule has 3 heterocycles. The van der Waals surface area contributed by atoms with Crippen molar-refractivity contribution < 1.29 is 9.13 Å². The minimum absolute atomic E-state index is 0.266. The van der Waals surface area contributed by atoms with E-state index in [2.05, 4.69) is 33.2 Å². The summed E-state index contributed by atoms with van der Waals surface area (Å²) in [5.74, 6) is 0.0157. The van der Waals surface area contributed by atoms with Crippen molar-refractivity contribution >= 4 is 53.1 Å². The van der Waals surface area contributed by atoms with E-state index >= 15 is 0 Å². The number of piperidine rings is 1. The van der Waals surface area contributed by atoms with Gasteiger partial charge in [0.25, 0.3) is 0 Å². The number of hydrogen-bond donors (Lipinski definition) is 1. The van der Waals surface area contributed by atoms with Crippen LogP contribution in [-0.2, 0) is 4.74 Å². The number of allylic oxidation sites excluding steroid dienone is 1. The highest BCUT2D eigenvalue weighted by Gasteiger charge is 2.18. The summed E-state index contributed by atoms with van der Waals surface area (Å²) in [4.78, 5) is 11.8. The average Bonchev–Trinajstić information content (AvgIpc) is 3.18. The third-order valence-corrected chi connectivity index (χ3v) is 7.42. The molecule has 2 N–H and O–H groups in total. The van der Waals surface area contributed by atoms with Crippen molar-refractivity contribution in [2.24, 2.45) is 10.7 Å². The van der Waals surface area contributed by atoms with Crippen LogP contribution in [0, 0.1) is 5.82 Å². The van der Waals surface area contributed by atoms with Gasteiger partial charge in [-0.1, -0.05) is 12.1 Å². The first kappa shape index (κ1) is 23.1. The molecule has 1 aromatic carbocycles. The predicted molar refractivity (Wildman–Crippen MR) is 139 cm³/mol. The molecule has 1 saturated heterocycles. The molecular formula is C23H25FIN5OS. The normalized spacial score (nSPS) is 16.6. The van der Waals surface area contributed by atoms with Crippen LogP contribution < -0.4 is 5.73 Å². The van der Waals surface area contributed by atoms with Crippen LogP contribution in [0.5, 0.6) is 0 Å². The number of nitrogens with two attached hydrogens (primary N) is 1. The van der Waals surface area contributed by atoms with Gasteiger partial charge in [0, 0.05) is 65.4 Å². The van der Waals surface area contributed by atoms with Crippen molar-refractivity contribution in [1.82, 2.24) is 13.9 Å². The van der Waals surface area contributed by atoms with Crippen molar-refractivity contribution in [3.63, 3.8) is 0 Å². The number of halogens is 2. The van der Waals surface area contributed by atoms with E-state index in [0.717, 1.165) is 53.7 Å². The van der Waals surface area contributed by atoms with E-state index in [-0.39, 0.29) is 17.7 Å². The summed E-state index contributed by atoms with van der Waals surface area (Å²) in [5, 5.41) is 0.909. The number of hydrogen-bond acceptors (Lipinski definition) is 6. The number of aromatic nitrogens is 2. The fourth-order valence-electron chi connectivity index (χ4n) is 3.88. The van der Waals surface area contributed by atoms with Crippen molar-refractivity contribution in [3.05, 3.63) is 60.0 Å². The number of aliphatic imine (C=N–C) groups is 1. The summed E-state index contributed by atoms with van der Waals surface area (Å²) in [5.41, 5.74) is 10.2. The molecule has 1 fully saturated rings. The Kier molecular flexibility index (Phi) is 7.37. The second-order valence-electron chi connectivity index (χ2n) is 7.84. The van der Waals surface area contributed by atoms with E-state index in [1.54, 1.807) is 19.4 Å². The van der Waals surface area contributed by atoms with Crippen LogP contribution in [0.25, 0.3) is 27.7 Å². The monoisotopic (exact) mass is 565 g/mol. The van der Waals surface area contributed by atoms with Crippen LogP contribution >= 0.6 is 30.3 Å². The zero-order chi connectivity index (χ0) is 22.7. The molecule has 0 atom stereocenters. The number of fused-ring (bicyclic) bond motifs is 1. The standard InChI is InChI=1S/C23H25FIN5OS/c1-29-8-6-18(7-9-29)27-13-20(22(26)31-2)16-11-19-21(15-4-3-5-17(24)10-15)14-30(32-25)23(19)28-12-16/h3-5,10-14,18H,6-9,26H2,1-2H3/b22-20-,27-13?. The van der Waals surface area contributed by atoms with Gasteiger partial charge in [-0.2, -0.15) is 0 Å². The zero-order valence-corrected chi connectivity index (χ0v) is 20.9. The van der Waals surface area contributed by atoms with E-state index in [1.165, 1.54) is 21.3 Å². The average molecular weight is 565 g/mol. The second-order valence-corrected chi connectivity index (χ2v) is 9.55. The highest BCUT2D eigenvalue weighted by Crippen LogP contribution is 2.35. The van der Waals surface area contributed by atoms with Gasteiger partial charge in [-0.3, -0.25) is 8.96 Å². The molecule has 168 valence electrons. The second kappa shape index (κ2) is 10.2. The lowest BCUT2D eigenvalue weighted by molar-refractivity contribution is 0.257. The summed E-state index contributed by atoms with van der Waals surface area (Å²) >= 11 is 2.21. The van der Waals surface area contributed by atoms with Gasteiger partial charge in [0.05, 0.1) is 18.7 Å². The van der Waals surface area contributed by atoms with Gasteiger partial charge in [0.2, 0.25) is 0 Å². The zero-order valence-electron chi connectivity index (χ0n) is 18.0. The van der Waals surface area contributed by atoms with Crippen LogP contribution in [0.1, 0.15) is 18.4 Å². The molecule has 2 aromatic heterocycles. The molecule has 4 rings (SSSR count). The molecule has 32 heavy (non-hydrogen) atoms. The van der Waals surface area contributed by atoms with Gasteiger partial charge in [-0.15, -0.1) is 0 Å². The number of benzene rings is 1. The molecule has 0 bridgehead atoms. The lowest BCUT2D eigenvalue weighted by atomic mass is 10.0. The summed E-state index contributed by atoms with van der Waals surface area (Å²) in [6, 6.07) is 8.87. The molecule has 1 aliphatic rings. The van der Waals surface area contributed by atoms with Crippen molar-refractivity contribution in [2.45, 2.75) is 18.9 Å². The van der Waals surface area contributed by atoms with E-state index in [4.69, 9.17) is 20.4 Å². The molecule has 0 amide bonds. The molecule has 0 spiro atoms. The molecule has 3 aromatic rings. The smallest absolute Gasteiger partial charge is 0.193 e. The number of ether oxygens (including phenoxy) is 1. The first-order valence-corrected chi connectivity index (χ1v) is 13.6. The molecular weight excluding hydrogens is 540 g/mol. The maximum atomic E-state index is 13.9. The van der Waals surface area contributed by atoms with Gasteiger partial charge < -0.3 is 15.4 Å². The van der Waals surface area contributed by atoms with Gasteiger partial charge in [0.15, 0.2) is 11.5 Å². The van der Waals surface area contributed by atoms with Gasteiger partial charge in [-0.05, 0) is 56.7 Å². The maximum absolute atomic E-state index is 13.9. The van der Waals surface area contributed by atoms with E-state index < -0.39 is 0 Å². The summed E-state index contributed by atoms with van der Waals surface area (Å²) in [6.07, 6.45) is 7.60. The number of rotatable bonds is 6. The Bertz CT molecular complexity index is 1170. The number of likely N-dealkylation sites (tertiary alicyclic amines) is 1. The molecule has 0 aliphatic carbocycles. The molecule has 0 unspecified atom stereocenters. The Morgan fingerprint density at radius 1 is 1.34 bits per heavy atom. The molecule has 9 heteroatoms. The third kappa shape index (κ3) is 4.94. The van der Waals surface area contributed by atoms with E-state index in [0.29, 0.717) is 5.57 Å². The van der Waals surface area contributed by atoms with Crippen LogP contribution in [0.15, 0.2) is 53.6 Å². The molecule has 0 saturated carbocycles. The Morgan fingerprint density at radius 2 is 2.12 bits per heavy atom. The van der Waals surface area contributed by atoms with Crippen molar-refractivity contribution in [2.75, 3.05) is 27.2 Å². The lowest BCUT2D eigenvalue weighted by Gasteiger charge is -2.26. The Morgan fingerprint density at radius 3 is 2.81 bits per heavy atom. The summed E-state index contributed by atoms with van der Waals surface area (Å²) in [7, 11) is 5.19. The van der Waals surface area contributed by atoms with Gasteiger partial charge >= 0.3 is 0 Å². The van der Waals surface area contributed by atoms with Crippen LogP contribution in [0.2, 0.25) is 0 Å². The van der Waals surface area contributed by atoms with Gasteiger partial charge in [0.1, 0.15) is 5.82 Å². The van der Waals surface area contributed by atoms with Crippen molar-refractivity contribution in [1.29, 1.82) is 0 Å². The number of pyridine rings is 1. The summed E-state index contributed by atoms with van der Waals surface area (Å²) < 4.78 is 21.2. The lowest BCUT2D eigenvalue weighted by Crippen LogP contribution is -2.32. The largest absolute Gasteiger partial charge is 0.482 e. The Balaban J connectivity index is 1.77. The van der Waals surface area contributed by atoms with E-state index in [1.807, 2.05) is 28.5 Å². The van der Waals surface area contributed by atoms with Crippen molar-refractivity contribution in [3.8, 4) is 11.1 Å². The fourth-order valence-corrected chi connectivity index (χ4v) is 5.14. The fraction of sp³-hybridized carbons (Fsp3) is 0.304. The van der Waals surface area contributed by atoms with Crippen LogP contribution in [0.3, 0.4) is 0 Å². The first-order chi connectivity index (χ1) is 15.5. The summed E-state index contributed by atoms with van der Waals surface area (Å²) in [6.45, 7) is 2.07. The third-order valence-electron chi connectivity index (χ3n) is 5.72. The Labute approximate surface area is 203 Å². The first-order valence-electron chi connectivity index (χ1n) is 10.3. The van der Waals surface area contributed by atoms with E-state index in [9.17, 15) is 4.39 Å². The van der Waals surface area contributed by atoms with Gasteiger partial charge in [-0.25, -0.2) is 9.37 Å². The van der Waals surface area contributed by atoms with Crippen LogP contribution in [-0.4, -0.2) is 53.4 Å². The highest BCUT2D eigenvalue weighted by molar-refractivity contribution is 14.2. The molecule has 1 aliphatic heterocycles. The highest BCUT2D eigenvalue weighted by atomic mass is 127. The Hall–Kier alpha value is -2.11. The maximum Gasteiger partial charge on any atom is 0.193 e. The minimum Gasteiger partial charge on any atom is -0.482 e. The minimum atomic E-state index is -0.274. The SMILES string of the molecule is CO/C(N)=C(/C=NC1CCN(C)CC1)c1cnc2c(c1)c(-c1cccc(F)c1)cn2SI. The number of methoxy groups -OCH3 is 1. The van der Waals surface area contributed by atoms with Crippen LogP contribution in [0.4, 0.5) is 4.39 Å². The predicted octanol–water partition coefficient (Wildman–Crippen LogP) is 5.13. The number of nitrogens with zero attached hydrogens (tertiary/aromatic N) is 4. The molecule has 6 nitrogen and oxygen atoms in total. The molecule has 0 radical (unpaired) electrons. The quantitative estimate of drug-likeness (QED) is 0.255.